The van der Waals surface area contributed by atoms with Crippen LogP contribution in [0.2, 0.25) is 0 Å². The molecule has 0 amide bonds. The second-order valence-corrected chi connectivity index (χ2v) is 13.9. The van der Waals surface area contributed by atoms with Crippen molar-refractivity contribution in [3.63, 3.8) is 0 Å². The van der Waals surface area contributed by atoms with E-state index in [0.29, 0.717) is 0 Å². The van der Waals surface area contributed by atoms with Crippen LogP contribution in [0.3, 0.4) is 0 Å². The van der Waals surface area contributed by atoms with E-state index in [1.165, 1.54) is 0 Å². The summed E-state index contributed by atoms with van der Waals surface area (Å²) in [6, 6.07) is 0. The minimum Gasteiger partial charge on any atom is -0.480 e. The van der Waals surface area contributed by atoms with E-state index in [-0.39, 0.29) is 69.6 Å². The summed E-state index contributed by atoms with van der Waals surface area (Å²) in [5, 5.41) is 82.6. The van der Waals surface area contributed by atoms with Crippen LogP contribution >= 0.6 is 0 Å². The molecule has 2 unspecified atom stereocenters. The highest BCUT2D eigenvalue weighted by molar-refractivity contribution is 6.23. The lowest BCUT2D eigenvalue weighted by Gasteiger charge is -2.42. The van der Waals surface area contributed by atoms with Gasteiger partial charge in [-0.2, -0.15) is 0 Å². The minimum atomic E-state index is -4.24. The third-order valence-electron chi connectivity index (χ3n) is 11.2. The smallest absolute Gasteiger partial charge is 0.336 e. The molecule has 22 nitrogen and oxygen atoms in total. The van der Waals surface area contributed by atoms with Crippen molar-refractivity contribution in [1.29, 1.82) is 0 Å². The fourth-order valence-corrected chi connectivity index (χ4v) is 7.91. The summed E-state index contributed by atoms with van der Waals surface area (Å²) < 4.78 is 9.46. The number of rotatable bonds is 12. The Morgan fingerprint density at radius 2 is 0.552 bits per heavy atom. The van der Waals surface area contributed by atoms with E-state index < -0.39 is 130 Å². The van der Waals surface area contributed by atoms with Crippen molar-refractivity contribution < 1.29 is 108 Å². The Hall–Kier alpha value is -6.74. The van der Waals surface area contributed by atoms with Gasteiger partial charge in [-0.25, -0.2) is 19.2 Å². The molecule has 3 aliphatic rings. The van der Waals surface area contributed by atoms with Crippen molar-refractivity contribution in [1.82, 2.24) is 0 Å². The maximum atomic E-state index is 14.5. The molecular formula is C36H38O22. The number of ether oxygens (including phenoxy) is 2. The number of carbonyl (C=O) groups excluding carboxylic acids is 4. The molecule has 0 bridgehead atoms. The highest BCUT2D eigenvalue weighted by atomic mass is 16.6. The summed E-state index contributed by atoms with van der Waals surface area (Å²) in [6.45, 7) is 0. The molecular weight excluding hydrogens is 784 g/mol. The Bertz CT molecular complexity index is 1780. The van der Waals surface area contributed by atoms with Crippen molar-refractivity contribution >= 4 is 71.6 Å². The lowest BCUT2D eigenvalue weighted by atomic mass is 9.58. The Morgan fingerprint density at radius 1 is 0.328 bits per heavy atom. The third kappa shape index (κ3) is 6.46. The molecule has 0 spiro atoms. The third-order valence-corrected chi connectivity index (χ3v) is 11.2. The van der Waals surface area contributed by atoms with Crippen LogP contribution in [-0.2, 0) is 67.0 Å². The van der Waals surface area contributed by atoms with E-state index in [4.69, 9.17) is 9.47 Å². The van der Waals surface area contributed by atoms with E-state index >= 15 is 0 Å². The first-order chi connectivity index (χ1) is 27.0. The zero-order valence-electron chi connectivity index (χ0n) is 30.2. The largest absolute Gasteiger partial charge is 0.480 e. The van der Waals surface area contributed by atoms with Gasteiger partial charge in [0.05, 0.1) is 0 Å². The highest BCUT2D eigenvalue weighted by Crippen LogP contribution is 2.54. The number of aliphatic carboxylic acids is 8. The van der Waals surface area contributed by atoms with Crippen LogP contribution in [0.4, 0.5) is 0 Å². The van der Waals surface area contributed by atoms with E-state index in [0.717, 1.165) is 18.2 Å². The van der Waals surface area contributed by atoms with Gasteiger partial charge in [0.2, 0.25) is 16.2 Å². The number of hydrogen-bond donors (Lipinski definition) is 8. The second kappa shape index (κ2) is 16.8. The summed E-state index contributed by atoms with van der Waals surface area (Å²) in [6.07, 6.45) is -1.78. The number of carboxylic acid groups (broad SMARTS) is 8. The summed E-state index contributed by atoms with van der Waals surface area (Å²) >= 11 is 0. The molecule has 0 radical (unpaired) electrons. The lowest BCUT2D eigenvalue weighted by molar-refractivity contribution is -0.207. The van der Waals surface area contributed by atoms with Gasteiger partial charge >= 0.3 is 71.6 Å². The van der Waals surface area contributed by atoms with Gasteiger partial charge in [-0.15, -0.1) is 0 Å². The van der Waals surface area contributed by atoms with Crippen LogP contribution in [-0.4, -0.2) is 112 Å². The van der Waals surface area contributed by atoms with Crippen molar-refractivity contribution in [3.05, 3.63) is 36.5 Å². The van der Waals surface area contributed by atoms with Gasteiger partial charge in [0.15, 0.2) is 16.2 Å². The van der Waals surface area contributed by atoms with Crippen molar-refractivity contribution in [2.24, 2.45) is 32.5 Å². The van der Waals surface area contributed by atoms with E-state index in [9.17, 15) is 98.4 Å². The predicted octanol–water partition coefficient (Wildman–Crippen LogP) is 1.11. The van der Waals surface area contributed by atoms with Crippen LogP contribution in [0.25, 0.3) is 0 Å². The van der Waals surface area contributed by atoms with Crippen LogP contribution in [0.1, 0.15) is 77.0 Å². The highest BCUT2D eigenvalue weighted by Gasteiger charge is 2.76. The maximum absolute atomic E-state index is 14.5. The molecule has 0 fully saturated rings. The molecule has 314 valence electrons. The number of hydrogen-bond acceptors (Lipinski definition) is 14. The molecule has 0 aliphatic heterocycles. The zero-order chi connectivity index (χ0) is 44.1. The van der Waals surface area contributed by atoms with Gasteiger partial charge in [0, 0.05) is 0 Å². The van der Waals surface area contributed by atoms with Gasteiger partial charge in [-0.3, -0.25) is 38.4 Å². The Balaban J connectivity index is 2.47. The SMILES string of the molecule is O=C(O)C1(C(=O)OC(=O)C2(C(=O)OC(=O)C3(C(=O)O)/C=C\CCCCC3(C(=O)O)C(=O)O)/C=C\CCCCC2(C(=O)O)C(=O)O)/C=C\CCCCC1(C(=O)O)C(=O)O. The maximum Gasteiger partial charge on any atom is 0.336 e. The van der Waals surface area contributed by atoms with Gasteiger partial charge in [0.1, 0.15) is 0 Å². The van der Waals surface area contributed by atoms with Crippen LogP contribution in [0, 0.1) is 32.5 Å². The summed E-state index contributed by atoms with van der Waals surface area (Å²) in [4.78, 5) is 160. The molecule has 22 heteroatoms. The van der Waals surface area contributed by atoms with Gasteiger partial charge in [-0.05, 0) is 57.8 Å². The molecule has 8 N–H and O–H groups in total. The van der Waals surface area contributed by atoms with E-state index in [1.54, 1.807) is 0 Å². The second-order valence-electron chi connectivity index (χ2n) is 13.9. The quantitative estimate of drug-likeness (QED) is 0.0776. The number of allylic oxidation sites excluding steroid dienone is 3. The molecule has 0 aromatic heterocycles. The molecule has 58 heavy (non-hydrogen) atoms. The molecule has 0 aromatic rings. The topological polar surface area (TPSA) is 385 Å². The van der Waals surface area contributed by atoms with Crippen LogP contribution < -0.4 is 0 Å². The standard InChI is InChI=1S/C36H38O22/c37-19(38)31(20(39)40)13-7-1-4-10-16-34(31,25(49)50)27(53)57-29(55)36(18-12-6-3-9-15-33(36,23(45)46)24(47)48)30(56)58-28(54)35(26(51)52)17-11-5-2-8-14-32(35,21(41)42)22(43)44/h10-12,16-18H,1-9,13-15H2,(H,37,38)(H,39,40)(H,41,42)(H,43,44)(H,45,46)(H,47,48)(H,49,50)(H,51,52)/b16-10-,17-11-,18-12-. The number of esters is 4. The van der Waals surface area contributed by atoms with E-state index in [1.807, 2.05) is 0 Å². The summed E-state index contributed by atoms with van der Waals surface area (Å²) in [7, 11) is 0. The monoisotopic (exact) mass is 822 g/mol. The first kappa shape index (κ1) is 45.6. The Labute approximate surface area is 325 Å². The minimum absolute atomic E-state index is 0.0455. The fraction of sp³-hybridized carbons (Fsp3) is 0.500. The lowest BCUT2D eigenvalue weighted by Crippen LogP contribution is -2.65. The van der Waals surface area contributed by atoms with Gasteiger partial charge < -0.3 is 50.3 Å². The van der Waals surface area contributed by atoms with Gasteiger partial charge in [0.25, 0.3) is 0 Å². The molecule has 0 heterocycles. The van der Waals surface area contributed by atoms with Crippen molar-refractivity contribution in [3.8, 4) is 0 Å². The molecule has 0 saturated carbocycles. The summed E-state index contributed by atoms with van der Waals surface area (Å²) in [5.74, 6) is -30.7. The predicted molar refractivity (Wildman–Crippen MR) is 181 cm³/mol. The summed E-state index contributed by atoms with van der Waals surface area (Å²) in [5.41, 5.74) is -23.4. The Kier molecular flexibility index (Phi) is 13.2. The molecule has 0 saturated heterocycles. The number of carbonyl (C=O) groups is 12. The first-order valence-electron chi connectivity index (χ1n) is 17.5. The normalized spacial score (nSPS) is 27.9. The average Bonchev–Trinajstić information content (AvgIpc) is 3.07. The average molecular weight is 823 g/mol. The fourth-order valence-electron chi connectivity index (χ4n) is 7.91. The van der Waals surface area contributed by atoms with Crippen LogP contribution in [0.5, 0.6) is 0 Å². The molecule has 0 aromatic carbocycles. The molecule has 3 aliphatic carbocycles. The van der Waals surface area contributed by atoms with Crippen molar-refractivity contribution in [2.45, 2.75) is 77.0 Å². The zero-order valence-corrected chi connectivity index (χ0v) is 30.2. The van der Waals surface area contributed by atoms with Crippen molar-refractivity contribution in [2.75, 3.05) is 0 Å². The molecule has 2 atom stereocenters. The van der Waals surface area contributed by atoms with Crippen LogP contribution in [0.15, 0.2) is 36.5 Å². The first-order valence-corrected chi connectivity index (χ1v) is 17.5. The number of carboxylic acids is 8. The Morgan fingerprint density at radius 3 is 0.793 bits per heavy atom. The van der Waals surface area contributed by atoms with Gasteiger partial charge in [-0.1, -0.05) is 55.7 Å². The molecule has 3 rings (SSSR count). The van der Waals surface area contributed by atoms with E-state index in [2.05, 4.69) is 0 Å².